The van der Waals surface area contributed by atoms with Crippen molar-refractivity contribution in [3.63, 3.8) is 0 Å². The predicted molar refractivity (Wildman–Crippen MR) is 66.4 cm³/mol. The van der Waals surface area contributed by atoms with Crippen LogP contribution in [0, 0.1) is 3.57 Å². The van der Waals surface area contributed by atoms with E-state index in [1.807, 2.05) is 0 Å². The summed E-state index contributed by atoms with van der Waals surface area (Å²) in [5.74, 6) is 0. The minimum absolute atomic E-state index is 0.987. The molecule has 14 heavy (non-hydrogen) atoms. The Morgan fingerprint density at radius 3 is 3.14 bits per heavy atom. The Kier molecular flexibility index (Phi) is 2.02. The van der Waals surface area contributed by atoms with Crippen molar-refractivity contribution in [1.29, 1.82) is 0 Å². The molecule has 0 atom stereocenters. The third-order valence-electron chi connectivity index (χ3n) is 2.81. The van der Waals surface area contributed by atoms with Gasteiger partial charge in [0, 0.05) is 26.7 Å². The molecular weight excluding hydrogens is 287 g/mol. The van der Waals surface area contributed by atoms with E-state index in [0.29, 0.717) is 0 Å². The highest BCUT2D eigenvalue weighted by Crippen LogP contribution is 2.26. The van der Waals surface area contributed by atoms with Crippen molar-refractivity contribution in [2.75, 3.05) is 6.54 Å². The predicted octanol–water partition coefficient (Wildman–Crippen LogP) is 2.42. The van der Waals surface area contributed by atoms with E-state index in [2.05, 4.69) is 51.1 Å². The number of nitrogens with one attached hydrogen (secondary N) is 2. The van der Waals surface area contributed by atoms with Gasteiger partial charge in [-0.25, -0.2) is 0 Å². The van der Waals surface area contributed by atoms with Gasteiger partial charge in [-0.1, -0.05) is 6.07 Å². The molecule has 0 amide bonds. The second kappa shape index (κ2) is 3.24. The van der Waals surface area contributed by atoms with Crippen LogP contribution < -0.4 is 5.32 Å². The van der Waals surface area contributed by atoms with Gasteiger partial charge in [0.05, 0.1) is 0 Å². The molecule has 2 N–H and O–H groups in total. The lowest BCUT2D eigenvalue weighted by molar-refractivity contribution is 0.637. The third-order valence-corrected chi connectivity index (χ3v) is 3.48. The Hall–Kier alpha value is -0.550. The van der Waals surface area contributed by atoms with Crippen LogP contribution in [-0.4, -0.2) is 11.5 Å². The van der Waals surface area contributed by atoms with Crippen LogP contribution in [0.1, 0.15) is 11.3 Å². The Balaban J connectivity index is 2.31. The minimum atomic E-state index is 0.987. The van der Waals surface area contributed by atoms with Crippen molar-refractivity contribution in [2.45, 2.75) is 13.0 Å². The number of halogens is 1. The number of H-pyrrole nitrogens is 1. The van der Waals surface area contributed by atoms with Gasteiger partial charge in [-0.3, -0.25) is 0 Å². The largest absolute Gasteiger partial charge is 0.357 e. The van der Waals surface area contributed by atoms with Gasteiger partial charge in [0.1, 0.15) is 0 Å². The zero-order valence-electron chi connectivity index (χ0n) is 7.73. The molecule has 1 aromatic heterocycles. The molecule has 72 valence electrons. The van der Waals surface area contributed by atoms with Crippen LogP contribution in [0.2, 0.25) is 0 Å². The van der Waals surface area contributed by atoms with E-state index >= 15 is 0 Å². The van der Waals surface area contributed by atoms with Crippen LogP contribution in [0.25, 0.3) is 10.9 Å². The molecule has 0 radical (unpaired) electrons. The summed E-state index contributed by atoms with van der Waals surface area (Å²) in [7, 11) is 0. The lowest BCUT2D eigenvalue weighted by atomic mass is 10.1. The first-order valence-corrected chi connectivity index (χ1v) is 5.92. The quantitative estimate of drug-likeness (QED) is 0.718. The van der Waals surface area contributed by atoms with E-state index in [4.69, 9.17) is 0 Å². The van der Waals surface area contributed by atoms with E-state index in [1.54, 1.807) is 0 Å². The molecule has 2 aromatic rings. The van der Waals surface area contributed by atoms with E-state index in [-0.39, 0.29) is 0 Å². The Bertz CT molecular complexity index is 487. The highest BCUT2D eigenvalue weighted by atomic mass is 127. The Morgan fingerprint density at radius 2 is 2.21 bits per heavy atom. The standard InChI is InChI=1S/C11H11IN2/c12-7-1-2-8-9-3-4-13-6-11(9)14-10(8)5-7/h1-2,5,13-14H,3-4,6H2. The number of hydrogen-bond donors (Lipinski definition) is 2. The molecule has 0 spiro atoms. The molecule has 0 saturated carbocycles. The number of aromatic amines is 1. The van der Waals surface area contributed by atoms with Crippen molar-refractivity contribution in [2.24, 2.45) is 0 Å². The number of hydrogen-bond acceptors (Lipinski definition) is 1. The Labute approximate surface area is 96.2 Å². The summed E-state index contributed by atoms with van der Waals surface area (Å²) >= 11 is 2.35. The molecule has 3 rings (SSSR count). The second-order valence-corrected chi connectivity index (χ2v) is 4.94. The number of fused-ring (bicyclic) bond motifs is 3. The lowest BCUT2D eigenvalue weighted by Crippen LogP contribution is -2.22. The zero-order chi connectivity index (χ0) is 9.54. The first-order valence-electron chi connectivity index (χ1n) is 4.84. The fourth-order valence-corrected chi connectivity index (χ4v) is 2.64. The second-order valence-electron chi connectivity index (χ2n) is 3.70. The fourth-order valence-electron chi connectivity index (χ4n) is 2.15. The molecule has 1 aliphatic rings. The van der Waals surface area contributed by atoms with Gasteiger partial charge < -0.3 is 10.3 Å². The van der Waals surface area contributed by atoms with Crippen LogP contribution in [0.4, 0.5) is 0 Å². The maximum atomic E-state index is 3.49. The van der Waals surface area contributed by atoms with Crippen LogP contribution in [0.5, 0.6) is 0 Å². The normalized spacial score (nSPS) is 15.8. The first-order chi connectivity index (χ1) is 6.84. The first kappa shape index (κ1) is 8.73. The van der Waals surface area contributed by atoms with E-state index in [0.717, 1.165) is 19.5 Å². The summed E-state index contributed by atoms with van der Waals surface area (Å²) < 4.78 is 1.29. The molecular formula is C11H11IN2. The number of benzene rings is 1. The molecule has 2 nitrogen and oxygen atoms in total. The molecule has 0 aliphatic carbocycles. The van der Waals surface area contributed by atoms with Gasteiger partial charge in [-0.15, -0.1) is 0 Å². The molecule has 0 unspecified atom stereocenters. The maximum absolute atomic E-state index is 3.49. The molecule has 0 bridgehead atoms. The van der Waals surface area contributed by atoms with Gasteiger partial charge in [0.15, 0.2) is 0 Å². The Morgan fingerprint density at radius 1 is 1.29 bits per heavy atom. The summed E-state index contributed by atoms with van der Waals surface area (Å²) in [6.07, 6.45) is 1.15. The zero-order valence-corrected chi connectivity index (χ0v) is 9.89. The average molecular weight is 298 g/mol. The van der Waals surface area contributed by atoms with Crippen molar-refractivity contribution >= 4 is 33.5 Å². The van der Waals surface area contributed by atoms with E-state index in [9.17, 15) is 0 Å². The minimum Gasteiger partial charge on any atom is -0.357 e. The van der Waals surface area contributed by atoms with Gasteiger partial charge in [0.2, 0.25) is 0 Å². The van der Waals surface area contributed by atoms with Crippen molar-refractivity contribution in [3.8, 4) is 0 Å². The number of aromatic nitrogens is 1. The molecule has 0 saturated heterocycles. The van der Waals surface area contributed by atoms with Crippen LogP contribution >= 0.6 is 22.6 Å². The average Bonchev–Trinajstić information content (AvgIpc) is 2.54. The van der Waals surface area contributed by atoms with Crippen LogP contribution in [-0.2, 0) is 13.0 Å². The molecule has 1 aliphatic heterocycles. The van der Waals surface area contributed by atoms with Gasteiger partial charge in [0.25, 0.3) is 0 Å². The third kappa shape index (κ3) is 1.26. The molecule has 0 fully saturated rings. The van der Waals surface area contributed by atoms with Crippen molar-refractivity contribution < 1.29 is 0 Å². The SMILES string of the molecule is Ic1ccc2c3c([nH]c2c1)CNCC3. The lowest BCUT2D eigenvalue weighted by Gasteiger charge is -2.12. The summed E-state index contributed by atoms with van der Waals surface area (Å²) in [6.45, 7) is 2.09. The van der Waals surface area contributed by atoms with E-state index < -0.39 is 0 Å². The molecule has 2 heterocycles. The van der Waals surface area contributed by atoms with Gasteiger partial charge >= 0.3 is 0 Å². The highest BCUT2D eigenvalue weighted by Gasteiger charge is 2.14. The van der Waals surface area contributed by atoms with E-state index in [1.165, 1.54) is 25.7 Å². The van der Waals surface area contributed by atoms with Crippen LogP contribution in [0.15, 0.2) is 18.2 Å². The summed E-state index contributed by atoms with van der Waals surface area (Å²) in [4.78, 5) is 3.49. The highest BCUT2D eigenvalue weighted by molar-refractivity contribution is 14.1. The summed E-state index contributed by atoms with van der Waals surface area (Å²) in [6, 6.07) is 6.63. The van der Waals surface area contributed by atoms with Crippen molar-refractivity contribution in [1.82, 2.24) is 10.3 Å². The number of rotatable bonds is 0. The molecule has 3 heteroatoms. The summed E-state index contributed by atoms with van der Waals surface area (Å²) in [5.41, 5.74) is 4.16. The van der Waals surface area contributed by atoms with Gasteiger partial charge in [-0.2, -0.15) is 0 Å². The van der Waals surface area contributed by atoms with Crippen LogP contribution in [0.3, 0.4) is 0 Å². The smallest absolute Gasteiger partial charge is 0.0469 e. The molecule has 1 aromatic carbocycles. The summed E-state index contributed by atoms with van der Waals surface area (Å²) in [5, 5.41) is 4.79. The van der Waals surface area contributed by atoms with Crippen molar-refractivity contribution in [3.05, 3.63) is 33.0 Å². The monoisotopic (exact) mass is 298 g/mol. The topological polar surface area (TPSA) is 27.8 Å². The fraction of sp³-hybridized carbons (Fsp3) is 0.273. The van der Waals surface area contributed by atoms with Gasteiger partial charge in [-0.05, 0) is 53.3 Å². The maximum Gasteiger partial charge on any atom is 0.0469 e.